The third-order valence-electron chi connectivity index (χ3n) is 4.47. The minimum Gasteiger partial charge on any atom is -0.493 e. The summed E-state index contributed by atoms with van der Waals surface area (Å²) in [5, 5.41) is 0. The van der Waals surface area contributed by atoms with Gasteiger partial charge in [-0.1, -0.05) is 0 Å². The average molecular weight is 411 g/mol. The number of sulfonamides is 1. The molecule has 0 radical (unpaired) electrons. The normalized spacial score (nSPS) is 15.6. The number of nitrogens with zero attached hydrogens (tertiary/aromatic N) is 2. The topological polar surface area (TPSA) is 76.2 Å². The lowest BCUT2D eigenvalue weighted by atomic mass is 10.3. The van der Waals surface area contributed by atoms with Crippen LogP contribution in [0, 0.1) is 6.92 Å². The Labute approximate surface area is 163 Å². The van der Waals surface area contributed by atoms with Gasteiger partial charge in [0.25, 0.3) is 5.91 Å². The molecule has 1 aliphatic rings. The van der Waals surface area contributed by atoms with Crippen LogP contribution in [0.15, 0.2) is 35.2 Å². The van der Waals surface area contributed by atoms with Crippen LogP contribution in [0.1, 0.15) is 14.5 Å². The number of hydrogen-bond donors (Lipinski definition) is 0. The molecule has 146 valence electrons. The van der Waals surface area contributed by atoms with Gasteiger partial charge in [-0.15, -0.1) is 11.3 Å². The van der Waals surface area contributed by atoms with Crippen LogP contribution in [0.2, 0.25) is 0 Å². The molecule has 2 aromatic rings. The maximum atomic E-state index is 12.9. The Morgan fingerprint density at radius 2 is 1.67 bits per heavy atom. The Balaban J connectivity index is 1.72. The first kappa shape index (κ1) is 19.7. The molecule has 1 aromatic heterocycles. The van der Waals surface area contributed by atoms with Crippen LogP contribution in [0.4, 0.5) is 0 Å². The van der Waals surface area contributed by atoms with E-state index in [1.54, 1.807) is 11.0 Å². The van der Waals surface area contributed by atoms with Crippen LogP contribution < -0.4 is 9.47 Å². The quantitative estimate of drug-likeness (QED) is 0.756. The zero-order valence-electron chi connectivity index (χ0n) is 15.5. The summed E-state index contributed by atoms with van der Waals surface area (Å²) >= 11 is 1.45. The Morgan fingerprint density at radius 3 is 2.22 bits per heavy atom. The largest absolute Gasteiger partial charge is 0.493 e. The molecule has 1 saturated heterocycles. The fourth-order valence-corrected chi connectivity index (χ4v) is 5.24. The summed E-state index contributed by atoms with van der Waals surface area (Å²) < 4.78 is 37.6. The van der Waals surface area contributed by atoms with E-state index in [0.717, 1.165) is 4.88 Å². The number of benzene rings is 1. The van der Waals surface area contributed by atoms with Crippen LogP contribution in [0.5, 0.6) is 11.5 Å². The molecule has 2 heterocycles. The molecule has 7 nitrogen and oxygen atoms in total. The van der Waals surface area contributed by atoms with Crippen molar-refractivity contribution in [1.29, 1.82) is 0 Å². The number of thiophene rings is 1. The first-order chi connectivity index (χ1) is 12.9. The summed E-state index contributed by atoms with van der Waals surface area (Å²) in [5.74, 6) is 0.787. The average Bonchev–Trinajstić information content (AvgIpc) is 3.13. The van der Waals surface area contributed by atoms with Crippen molar-refractivity contribution in [3.63, 3.8) is 0 Å². The standard InChI is InChI=1S/C18H22N2O5S2/c1-13-4-7-17(26-13)18(21)19-8-10-20(11-9-19)27(22,23)14-5-6-15(24-2)16(12-14)25-3/h4-7,12H,8-11H2,1-3H3. The van der Waals surface area contributed by atoms with Gasteiger partial charge in [-0.3, -0.25) is 4.79 Å². The number of carbonyl (C=O) groups excluding carboxylic acids is 1. The number of carbonyl (C=O) groups is 1. The third kappa shape index (κ3) is 3.95. The van der Waals surface area contributed by atoms with E-state index in [0.29, 0.717) is 29.5 Å². The van der Waals surface area contributed by atoms with Crippen molar-refractivity contribution in [3.8, 4) is 11.5 Å². The highest BCUT2D eigenvalue weighted by Crippen LogP contribution is 2.31. The van der Waals surface area contributed by atoms with E-state index in [-0.39, 0.29) is 23.9 Å². The molecule has 0 bridgehead atoms. The zero-order chi connectivity index (χ0) is 19.6. The summed E-state index contributed by atoms with van der Waals surface area (Å²) in [5.41, 5.74) is 0. The second-order valence-corrected chi connectivity index (χ2v) is 9.35. The third-order valence-corrected chi connectivity index (χ3v) is 7.35. The summed E-state index contributed by atoms with van der Waals surface area (Å²) in [6, 6.07) is 8.26. The van der Waals surface area contributed by atoms with Crippen molar-refractivity contribution in [1.82, 2.24) is 9.21 Å². The van der Waals surface area contributed by atoms with Gasteiger partial charge in [0.1, 0.15) is 0 Å². The second-order valence-electron chi connectivity index (χ2n) is 6.12. The number of ether oxygens (including phenoxy) is 2. The Morgan fingerprint density at radius 1 is 1.00 bits per heavy atom. The smallest absolute Gasteiger partial charge is 0.264 e. The summed E-state index contributed by atoms with van der Waals surface area (Å²) in [6.45, 7) is 3.19. The van der Waals surface area contributed by atoms with Gasteiger partial charge in [-0.2, -0.15) is 4.31 Å². The molecule has 0 unspecified atom stereocenters. The van der Waals surface area contributed by atoms with E-state index < -0.39 is 10.0 Å². The molecule has 0 N–H and O–H groups in total. The van der Waals surface area contributed by atoms with Crippen LogP contribution in [0.3, 0.4) is 0 Å². The van der Waals surface area contributed by atoms with E-state index >= 15 is 0 Å². The monoisotopic (exact) mass is 410 g/mol. The molecular weight excluding hydrogens is 388 g/mol. The second kappa shape index (κ2) is 7.87. The first-order valence-corrected chi connectivity index (χ1v) is 10.7. The SMILES string of the molecule is COc1ccc(S(=O)(=O)N2CCN(C(=O)c3ccc(C)s3)CC2)cc1OC. The molecule has 9 heteroatoms. The summed E-state index contributed by atoms with van der Waals surface area (Å²) in [7, 11) is -0.706. The lowest BCUT2D eigenvalue weighted by Gasteiger charge is -2.33. The number of amides is 1. The number of aryl methyl sites for hydroxylation is 1. The maximum Gasteiger partial charge on any atom is 0.264 e. The van der Waals surface area contributed by atoms with Gasteiger partial charge in [0.2, 0.25) is 10.0 Å². The first-order valence-electron chi connectivity index (χ1n) is 8.44. The van der Waals surface area contributed by atoms with E-state index in [1.165, 1.54) is 42.0 Å². The van der Waals surface area contributed by atoms with Crippen molar-refractivity contribution >= 4 is 27.3 Å². The highest BCUT2D eigenvalue weighted by Gasteiger charge is 2.31. The van der Waals surface area contributed by atoms with E-state index in [9.17, 15) is 13.2 Å². The van der Waals surface area contributed by atoms with Crippen molar-refractivity contribution in [3.05, 3.63) is 40.1 Å². The zero-order valence-corrected chi connectivity index (χ0v) is 17.1. The number of rotatable bonds is 5. The molecule has 0 atom stereocenters. The van der Waals surface area contributed by atoms with E-state index in [4.69, 9.17) is 9.47 Å². The molecule has 3 rings (SSSR count). The number of piperazine rings is 1. The molecule has 1 amide bonds. The maximum absolute atomic E-state index is 12.9. The lowest BCUT2D eigenvalue weighted by molar-refractivity contribution is 0.0703. The van der Waals surface area contributed by atoms with Gasteiger partial charge in [0.05, 0.1) is 24.0 Å². The van der Waals surface area contributed by atoms with Gasteiger partial charge in [0, 0.05) is 37.1 Å². The highest BCUT2D eigenvalue weighted by atomic mass is 32.2. The van der Waals surface area contributed by atoms with Crippen molar-refractivity contribution in [2.24, 2.45) is 0 Å². The number of methoxy groups -OCH3 is 2. The molecule has 1 fully saturated rings. The molecule has 0 saturated carbocycles. The Hall–Kier alpha value is -2.10. The molecule has 1 aliphatic heterocycles. The van der Waals surface area contributed by atoms with Crippen LogP contribution in [0.25, 0.3) is 0 Å². The molecule has 27 heavy (non-hydrogen) atoms. The van der Waals surface area contributed by atoms with Gasteiger partial charge < -0.3 is 14.4 Å². The Bertz CT molecular complexity index is 931. The van der Waals surface area contributed by atoms with E-state index in [2.05, 4.69) is 0 Å². The predicted octanol–water partition coefficient (Wildman–Crippen LogP) is 2.22. The molecule has 0 spiro atoms. The van der Waals surface area contributed by atoms with Crippen LogP contribution in [-0.2, 0) is 10.0 Å². The summed E-state index contributed by atoms with van der Waals surface area (Å²) in [6.07, 6.45) is 0. The van der Waals surface area contributed by atoms with Crippen molar-refractivity contribution in [2.75, 3.05) is 40.4 Å². The van der Waals surface area contributed by atoms with Crippen LogP contribution >= 0.6 is 11.3 Å². The minimum atomic E-state index is -3.67. The van der Waals surface area contributed by atoms with Gasteiger partial charge in [0.15, 0.2) is 11.5 Å². The van der Waals surface area contributed by atoms with Gasteiger partial charge >= 0.3 is 0 Å². The highest BCUT2D eigenvalue weighted by molar-refractivity contribution is 7.89. The van der Waals surface area contributed by atoms with Crippen molar-refractivity contribution < 1.29 is 22.7 Å². The Kier molecular flexibility index (Phi) is 5.73. The van der Waals surface area contributed by atoms with Crippen LogP contribution in [-0.4, -0.2) is 63.9 Å². The van der Waals surface area contributed by atoms with Gasteiger partial charge in [-0.25, -0.2) is 8.42 Å². The molecule has 1 aromatic carbocycles. The fourth-order valence-electron chi connectivity index (χ4n) is 2.96. The number of hydrogen-bond acceptors (Lipinski definition) is 6. The molecule has 0 aliphatic carbocycles. The predicted molar refractivity (Wildman–Crippen MR) is 103 cm³/mol. The summed E-state index contributed by atoms with van der Waals surface area (Å²) in [4.78, 5) is 16.1. The lowest BCUT2D eigenvalue weighted by Crippen LogP contribution is -2.50. The van der Waals surface area contributed by atoms with Gasteiger partial charge in [-0.05, 0) is 31.2 Å². The minimum absolute atomic E-state index is 0.0451. The fraction of sp³-hybridized carbons (Fsp3) is 0.389. The van der Waals surface area contributed by atoms with Crippen molar-refractivity contribution in [2.45, 2.75) is 11.8 Å². The van der Waals surface area contributed by atoms with E-state index in [1.807, 2.05) is 19.1 Å². The molecular formula is C18H22N2O5S2.